The van der Waals surface area contributed by atoms with Crippen molar-refractivity contribution in [3.63, 3.8) is 0 Å². The van der Waals surface area contributed by atoms with Gasteiger partial charge in [-0.3, -0.25) is 4.79 Å². The lowest BCUT2D eigenvalue weighted by molar-refractivity contribution is 0.0959. The van der Waals surface area contributed by atoms with Crippen LogP contribution in [0.4, 0.5) is 0 Å². The van der Waals surface area contributed by atoms with Crippen LogP contribution in [-0.4, -0.2) is 12.1 Å². The lowest BCUT2D eigenvalue weighted by Crippen LogP contribution is -2.16. The van der Waals surface area contributed by atoms with E-state index < -0.39 is 0 Å². The fraction of sp³-hybridized carbons (Fsp3) is 0. The zero-order valence-corrected chi connectivity index (χ0v) is 12.6. The molecule has 0 unspecified atom stereocenters. The van der Waals surface area contributed by atoms with Crippen LogP contribution >= 0.6 is 34.3 Å². The molecule has 0 saturated carbocycles. The number of carbonyl (C=O) groups is 1. The van der Waals surface area contributed by atoms with Crippen LogP contribution in [0.2, 0.25) is 5.02 Å². The highest BCUT2D eigenvalue weighted by Crippen LogP contribution is 2.34. The zero-order chi connectivity index (χ0) is 13.9. The molecule has 3 nitrogen and oxygen atoms in total. The summed E-state index contributed by atoms with van der Waals surface area (Å²) in [6, 6.07) is 9.59. The third-order valence-electron chi connectivity index (χ3n) is 2.66. The quantitative estimate of drug-likeness (QED) is 0.564. The van der Waals surface area contributed by atoms with Gasteiger partial charge in [-0.25, -0.2) is 5.43 Å². The van der Waals surface area contributed by atoms with Gasteiger partial charge in [0.05, 0.1) is 11.2 Å². The van der Waals surface area contributed by atoms with E-state index in [1.165, 1.54) is 11.3 Å². The maximum Gasteiger partial charge on any atom is 0.283 e. The smallest absolute Gasteiger partial charge is 0.266 e. The largest absolute Gasteiger partial charge is 0.283 e. The molecule has 100 valence electrons. The van der Waals surface area contributed by atoms with Crippen molar-refractivity contribution < 1.29 is 4.79 Å². The maximum absolute atomic E-state index is 12.1. The van der Waals surface area contributed by atoms with Crippen molar-refractivity contribution in [2.24, 2.45) is 5.10 Å². The first-order chi connectivity index (χ1) is 9.75. The molecule has 0 saturated heterocycles. The van der Waals surface area contributed by atoms with Crippen LogP contribution in [0.15, 0.2) is 46.2 Å². The van der Waals surface area contributed by atoms with Gasteiger partial charge in [0.2, 0.25) is 0 Å². The first-order valence-electron chi connectivity index (χ1n) is 5.78. The Morgan fingerprint density at radius 3 is 2.90 bits per heavy atom. The number of carbonyl (C=O) groups excluding carboxylic acids is 1. The Hall–Kier alpha value is -1.69. The van der Waals surface area contributed by atoms with E-state index in [0.717, 1.165) is 15.6 Å². The average molecular weight is 321 g/mol. The predicted octanol–water partition coefficient (Wildman–Crippen LogP) is 4.38. The van der Waals surface area contributed by atoms with Gasteiger partial charge in [0.25, 0.3) is 5.91 Å². The van der Waals surface area contributed by atoms with Gasteiger partial charge in [0.1, 0.15) is 4.88 Å². The normalized spacial score (nSPS) is 11.2. The molecule has 0 spiro atoms. The molecule has 0 aliphatic carbocycles. The Morgan fingerprint density at radius 2 is 2.15 bits per heavy atom. The van der Waals surface area contributed by atoms with Crippen molar-refractivity contribution in [3.8, 4) is 0 Å². The van der Waals surface area contributed by atoms with Crippen LogP contribution in [0, 0.1) is 0 Å². The molecule has 6 heteroatoms. The minimum absolute atomic E-state index is 0.289. The summed E-state index contributed by atoms with van der Waals surface area (Å²) in [5.74, 6) is -0.289. The second kappa shape index (κ2) is 5.75. The minimum Gasteiger partial charge on any atom is -0.266 e. The molecule has 0 bridgehead atoms. The number of hydrazone groups is 1. The molecule has 1 aromatic carbocycles. The third kappa shape index (κ3) is 2.60. The molecule has 0 radical (unpaired) electrons. The molecule has 2 heterocycles. The molecule has 3 aromatic rings. The van der Waals surface area contributed by atoms with E-state index in [2.05, 4.69) is 10.5 Å². The fourth-order valence-corrected chi connectivity index (χ4v) is 3.74. The van der Waals surface area contributed by atoms with Gasteiger partial charge >= 0.3 is 0 Å². The van der Waals surface area contributed by atoms with E-state index in [9.17, 15) is 4.79 Å². The molecule has 1 N–H and O–H groups in total. The predicted molar refractivity (Wildman–Crippen MR) is 86.2 cm³/mol. The van der Waals surface area contributed by atoms with Crippen molar-refractivity contribution in [2.45, 2.75) is 0 Å². The standard InChI is InChI=1S/C14H9ClN2OS2/c15-12-10-3-1-2-4-11(10)20-13(12)14(18)17-16-7-9-5-6-19-8-9/h1-8H,(H,17,18)/b16-7+. The maximum atomic E-state index is 12.1. The number of halogens is 1. The van der Waals surface area contributed by atoms with Crippen LogP contribution in [0.5, 0.6) is 0 Å². The van der Waals surface area contributed by atoms with E-state index in [1.54, 1.807) is 17.6 Å². The Labute approximate surface area is 128 Å². The van der Waals surface area contributed by atoms with Crippen LogP contribution in [0.3, 0.4) is 0 Å². The summed E-state index contributed by atoms with van der Waals surface area (Å²) in [6.07, 6.45) is 1.61. The molecular weight excluding hydrogens is 312 g/mol. The molecular formula is C14H9ClN2OS2. The van der Waals surface area contributed by atoms with E-state index in [-0.39, 0.29) is 5.91 Å². The summed E-state index contributed by atoms with van der Waals surface area (Å²) in [5, 5.41) is 9.20. The number of hydrogen-bond acceptors (Lipinski definition) is 4. The monoisotopic (exact) mass is 320 g/mol. The van der Waals surface area contributed by atoms with Gasteiger partial charge in [-0.15, -0.1) is 11.3 Å². The molecule has 20 heavy (non-hydrogen) atoms. The number of rotatable bonds is 3. The van der Waals surface area contributed by atoms with E-state index in [4.69, 9.17) is 11.6 Å². The summed E-state index contributed by atoms with van der Waals surface area (Å²) in [5.41, 5.74) is 3.46. The van der Waals surface area contributed by atoms with Gasteiger partial charge in [-0.1, -0.05) is 29.8 Å². The summed E-state index contributed by atoms with van der Waals surface area (Å²) in [7, 11) is 0. The van der Waals surface area contributed by atoms with Crippen LogP contribution in [0.25, 0.3) is 10.1 Å². The van der Waals surface area contributed by atoms with Gasteiger partial charge in [0.15, 0.2) is 0 Å². The molecule has 0 atom stereocenters. The van der Waals surface area contributed by atoms with Crippen molar-refractivity contribution in [3.05, 3.63) is 56.6 Å². The molecule has 1 amide bonds. The van der Waals surface area contributed by atoms with Gasteiger partial charge in [-0.05, 0) is 22.9 Å². The Balaban J connectivity index is 1.80. The second-order valence-electron chi connectivity index (χ2n) is 4.00. The first-order valence-corrected chi connectivity index (χ1v) is 7.92. The minimum atomic E-state index is -0.289. The van der Waals surface area contributed by atoms with Crippen molar-refractivity contribution in [1.29, 1.82) is 0 Å². The summed E-state index contributed by atoms with van der Waals surface area (Å²) >= 11 is 9.17. The second-order valence-corrected chi connectivity index (χ2v) is 6.21. The summed E-state index contributed by atoms with van der Waals surface area (Å²) in [4.78, 5) is 12.5. The highest BCUT2D eigenvalue weighted by atomic mass is 35.5. The Morgan fingerprint density at radius 1 is 1.30 bits per heavy atom. The molecule has 2 aromatic heterocycles. The summed E-state index contributed by atoms with van der Waals surface area (Å²) < 4.78 is 0.990. The molecule has 0 fully saturated rings. The zero-order valence-electron chi connectivity index (χ0n) is 10.2. The van der Waals surface area contributed by atoms with Gasteiger partial charge < -0.3 is 0 Å². The van der Waals surface area contributed by atoms with Gasteiger partial charge in [-0.2, -0.15) is 16.4 Å². The van der Waals surface area contributed by atoms with E-state index in [0.29, 0.717) is 9.90 Å². The van der Waals surface area contributed by atoms with Gasteiger partial charge in [0, 0.05) is 15.6 Å². The van der Waals surface area contributed by atoms with Crippen LogP contribution in [0.1, 0.15) is 15.2 Å². The molecule has 0 aliphatic rings. The van der Waals surface area contributed by atoms with Crippen molar-refractivity contribution >= 4 is 56.5 Å². The topological polar surface area (TPSA) is 41.5 Å². The third-order valence-corrected chi connectivity index (χ3v) is 5.04. The fourth-order valence-electron chi connectivity index (χ4n) is 1.72. The van der Waals surface area contributed by atoms with Crippen molar-refractivity contribution in [2.75, 3.05) is 0 Å². The highest BCUT2D eigenvalue weighted by molar-refractivity contribution is 7.21. The van der Waals surface area contributed by atoms with Crippen molar-refractivity contribution in [1.82, 2.24) is 5.43 Å². The van der Waals surface area contributed by atoms with Crippen LogP contribution in [-0.2, 0) is 0 Å². The Kier molecular flexibility index (Phi) is 3.82. The average Bonchev–Trinajstić information content (AvgIpc) is 3.08. The Bertz CT molecular complexity index is 778. The number of amides is 1. The SMILES string of the molecule is O=C(N/N=C/c1ccsc1)c1sc2ccccc2c1Cl. The lowest BCUT2D eigenvalue weighted by Gasteiger charge is -1.96. The summed E-state index contributed by atoms with van der Waals surface area (Å²) in [6.45, 7) is 0. The molecule has 0 aliphatic heterocycles. The van der Waals surface area contributed by atoms with E-state index in [1.807, 2.05) is 41.1 Å². The van der Waals surface area contributed by atoms with E-state index >= 15 is 0 Å². The number of hydrogen-bond donors (Lipinski definition) is 1. The number of benzene rings is 1. The number of fused-ring (bicyclic) bond motifs is 1. The lowest BCUT2D eigenvalue weighted by atomic mass is 10.2. The number of nitrogens with one attached hydrogen (secondary N) is 1. The highest BCUT2D eigenvalue weighted by Gasteiger charge is 2.16. The molecule has 3 rings (SSSR count). The number of nitrogens with zero attached hydrogens (tertiary/aromatic N) is 1. The van der Waals surface area contributed by atoms with Crippen LogP contribution < -0.4 is 5.43 Å². The number of thiophene rings is 2. The first kappa shape index (κ1) is 13.3.